The average molecular weight is 609 g/mol. The molecule has 1 spiro atoms. The first-order valence-electron chi connectivity index (χ1n) is 15.0. The van der Waals surface area contributed by atoms with Crippen LogP contribution in [0.1, 0.15) is 58.9 Å². The summed E-state index contributed by atoms with van der Waals surface area (Å²) in [5.74, 6) is 0.478. The van der Waals surface area contributed by atoms with Crippen LogP contribution >= 0.6 is 11.3 Å². The van der Waals surface area contributed by atoms with Crippen molar-refractivity contribution in [2.75, 3.05) is 38.2 Å². The number of ether oxygens (including phenoxy) is 3. The van der Waals surface area contributed by atoms with E-state index in [2.05, 4.69) is 35.1 Å². The summed E-state index contributed by atoms with van der Waals surface area (Å²) in [7, 11) is 0. The Morgan fingerprint density at radius 2 is 1.88 bits per heavy atom. The predicted molar refractivity (Wildman–Crippen MR) is 162 cm³/mol. The number of thiazole rings is 1. The number of anilines is 2. The summed E-state index contributed by atoms with van der Waals surface area (Å²) in [4.78, 5) is 40.0. The minimum Gasteiger partial charge on any atom is -0.460 e. The molecule has 0 aromatic carbocycles. The molecule has 0 bridgehead atoms. The smallest absolute Gasteiger partial charge is 0.410 e. The summed E-state index contributed by atoms with van der Waals surface area (Å²) in [5, 5.41) is 3.87. The Labute approximate surface area is 256 Å². The minimum absolute atomic E-state index is 0.0596. The lowest BCUT2D eigenvalue weighted by molar-refractivity contribution is -0.140. The van der Waals surface area contributed by atoms with Crippen molar-refractivity contribution in [3.63, 3.8) is 0 Å². The third kappa shape index (κ3) is 7.39. The van der Waals surface area contributed by atoms with Crippen LogP contribution in [0.4, 0.5) is 15.9 Å². The van der Waals surface area contributed by atoms with Gasteiger partial charge in [0.1, 0.15) is 11.7 Å². The van der Waals surface area contributed by atoms with E-state index in [1.54, 1.807) is 17.3 Å². The van der Waals surface area contributed by atoms with Crippen molar-refractivity contribution < 1.29 is 19.0 Å². The van der Waals surface area contributed by atoms with Gasteiger partial charge in [0.25, 0.3) is 0 Å². The standard InChI is InChI=1S/C30H40N8O4S/c1-20-16-37(11-12-38(20)28(39)42-29(2,3)4)17-21-13-32-25(33-14-21)36-27-34-15-24(43-27)23-7-10-31-26(35-23)41-22-5-8-30(9-6-22)18-40-19-30/h7,10,13-15,20,22H,5-6,8-9,11-12,16-19H2,1-4H3,(H,32,33,34,36). The molecule has 1 amide bonds. The maximum Gasteiger partial charge on any atom is 0.410 e. The Kier molecular flexibility index (Phi) is 8.47. The van der Waals surface area contributed by atoms with Gasteiger partial charge in [0.2, 0.25) is 5.95 Å². The zero-order valence-corrected chi connectivity index (χ0v) is 26.1. The fraction of sp³-hybridized carbons (Fsp3) is 0.600. The monoisotopic (exact) mass is 608 g/mol. The number of rotatable bonds is 7. The molecule has 12 nitrogen and oxygen atoms in total. The lowest BCUT2D eigenvalue weighted by atomic mass is 9.72. The second-order valence-electron chi connectivity index (χ2n) is 12.9. The van der Waals surface area contributed by atoms with Crippen LogP contribution in [0, 0.1) is 5.41 Å². The lowest BCUT2D eigenvalue weighted by Crippen LogP contribution is -2.54. The van der Waals surface area contributed by atoms with Crippen molar-refractivity contribution in [2.45, 2.75) is 77.7 Å². The Morgan fingerprint density at radius 1 is 1.12 bits per heavy atom. The average Bonchev–Trinajstić information content (AvgIpc) is 3.41. The molecule has 0 radical (unpaired) electrons. The highest BCUT2D eigenvalue weighted by Gasteiger charge is 2.42. The number of carbonyl (C=O) groups is 1. The lowest BCUT2D eigenvalue weighted by Gasteiger charge is -2.45. The normalized spacial score (nSPS) is 20.9. The molecule has 3 aromatic heterocycles. The minimum atomic E-state index is -0.500. The quantitative estimate of drug-likeness (QED) is 0.393. The van der Waals surface area contributed by atoms with Gasteiger partial charge in [-0.05, 0) is 59.4 Å². The molecular weight excluding hydrogens is 568 g/mol. The number of amides is 1. The summed E-state index contributed by atoms with van der Waals surface area (Å²) < 4.78 is 17.1. The van der Waals surface area contributed by atoms with Crippen molar-refractivity contribution in [1.82, 2.24) is 34.7 Å². The van der Waals surface area contributed by atoms with Crippen molar-refractivity contribution in [3.05, 3.63) is 36.4 Å². The van der Waals surface area contributed by atoms with Gasteiger partial charge in [-0.2, -0.15) is 4.98 Å². The molecule has 3 aliphatic rings. The third-order valence-corrected chi connectivity index (χ3v) is 9.08. The number of hydrogen-bond donors (Lipinski definition) is 1. The van der Waals surface area contributed by atoms with Crippen LogP contribution in [0.15, 0.2) is 30.9 Å². The molecular formula is C30H40N8O4S. The van der Waals surface area contributed by atoms with E-state index in [1.807, 2.05) is 46.2 Å². The second kappa shape index (κ2) is 12.3. The largest absolute Gasteiger partial charge is 0.460 e. The third-order valence-electron chi connectivity index (χ3n) is 8.14. The summed E-state index contributed by atoms with van der Waals surface area (Å²) in [5.41, 5.74) is 1.66. The van der Waals surface area contributed by atoms with Crippen molar-refractivity contribution >= 4 is 28.5 Å². The maximum absolute atomic E-state index is 12.5. The summed E-state index contributed by atoms with van der Waals surface area (Å²) in [6.07, 6.45) is 11.3. The Morgan fingerprint density at radius 3 is 2.56 bits per heavy atom. The van der Waals surface area contributed by atoms with Crippen LogP contribution in [0.2, 0.25) is 0 Å². The van der Waals surface area contributed by atoms with E-state index in [0.717, 1.165) is 68.1 Å². The number of carbonyl (C=O) groups excluding carboxylic acids is 1. The topological polar surface area (TPSA) is 128 Å². The van der Waals surface area contributed by atoms with Gasteiger partial charge in [-0.1, -0.05) is 11.3 Å². The van der Waals surface area contributed by atoms with Crippen molar-refractivity contribution in [3.8, 4) is 16.6 Å². The van der Waals surface area contributed by atoms with Crippen LogP contribution < -0.4 is 10.1 Å². The van der Waals surface area contributed by atoms with Gasteiger partial charge in [0.15, 0.2) is 5.13 Å². The molecule has 1 saturated carbocycles. The summed E-state index contributed by atoms with van der Waals surface area (Å²) in [6.45, 7) is 12.3. The molecule has 3 fully saturated rings. The Bertz CT molecular complexity index is 1400. The van der Waals surface area contributed by atoms with Gasteiger partial charge >= 0.3 is 12.1 Å². The zero-order chi connectivity index (χ0) is 30.0. The molecule has 43 heavy (non-hydrogen) atoms. The van der Waals surface area contributed by atoms with Crippen molar-refractivity contribution in [1.29, 1.82) is 0 Å². The zero-order valence-electron chi connectivity index (χ0n) is 25.3. The molecule has 1 unspecified atom stereocenters. The summed E-state index contributed by atoms with van der Waals surface area (Å²) >= 11 is 1.47. The molecule has 2 aliphatic heterocycles. The van der Waals surface area contributed by atoms with Gasteiger partial charge in [-0.15, -0.1) is 0 Å². The van der Waals surface area contributed by atoms with Gasteiger partial charge in [-0.25, -0.2) is 24.7 Å². The molecule has 13 heteroatoms. The van der Waals surface area contributed by atoms with Gasteiger partial charge in [0, 0.05) is 68.0 Å². The summed E-state index contributed by atoms with van der Waals surface area (Å²) in [6, 6.07) is 2.33. The van der Waals surface area contributed by atoms with E-state index < -0.39 is 5.60 Å². The highest BCUT2D eigenvalue weighted by Crippen LogP contribution is 2.43. The van der Waals surface area contributed by atoms with E-state index in [-0.39, 0.29) is 18.2 Å². The maximum atomic E-state index is 12.5. The number of hydrogen-bond acceptors (Lipinski definition) is 12. The van der Waals surface area contributed by atoms with Gasteiger partial charge in [0.05, 0.1) is 23.8 Å². The van der Waals surface area contributed by atoms with E-state index in [1.165, 1.54) is 11.3 Å². The number of aromatic nitrogens is 5. The van der Waals surface area contributed by atoms with Crippen LogP contribution in [-0.4, -0.2) is 91.4 Å². The van der Waals surface area contributed by atoms with Gasteiger partial charge < -0.3 is 24.4 Å². The predicted octanol–water partition coefficient (Wildman–Crippen LogP) is 4.91. The molecule has 230 valence electrons. The van der Waals surface area contributed by atoms with E-state index in [4.69, 9.17) is 14.2 Å². The second-order valence-corrected chi connectivity index (χ2v) is 13.9. The van der Waals surface area contributed by atoms with Crippen LogP contribution in [-0.2, 0) is 16.0 Å². The number of nitrogens with one attached hydrogen (secondary N) is 1. The van der Waals surface area contributed by atoms with E-state index in [9.17, 15) is 4.79 Å². The molecule has 5 heterocycles. The van der Waals surface area contributed by atoms with Crippen LogP contribution in [0.25, 0.3) is 10.6 Å². The molecule has 2 saturated heterocycles. The highest BCUT2D eigenvalue weighted by atomic mass is 32.1. The van der Waals surface area contributed by atoms with Crippen molar-refractivity contribution in [2.24, 2.45) is 5.41 Å². The molecule has 1 aliphatic carbocycles. The number of nitrogens with zero attached hydrogens (tertiary/aromatic N) is 7. The van der Waals surface area contributed by atoms with Gasteiger partial charge in [-0.3, -0.25) is 4.90 Å². The number of piperazine rings is 1. The first-order chi connectivity index (χ1) is 20.6. The fourth-order valence-electron chi connectivity index (χ4n) is 5.76. The molecule has 1 N–H and O–H groups in total. The van der Waals surface area contributed by atoms with Crippen LogP contribution in [0.3, 0.4) is 0 Å². The Hall–Kier alpha value is -3.42. The highest BCUT2D eigenvalue weighted by molar-refractivity contribution is 7.18. The molecule has 6 rings (SSSR count). The SMILES string of the molecule is CC1CN(Cc2cnc(Nc3ncc(-c4ccnc(OC5CCC6(CC5)COC6)n4)s3)nc2)CCN1C(=O)OC(C)(C)C. The molecule has 1 atom stereocenters. The fourth-order valence-corrected chi connectivity index (χ4v) is 6.54. The molecule has 3 aromatic rings. The first-order valence-corrected chi connectivity index (χ1v) is 15.8. The van der Waals surface area contributed by atoms with Crippen LogP contribution in [0.5, 0.6) is 6.01 Å². The first kappa shape index (κ1) is 29.6. The van der Waals surface area contributed by atoms with E-state index >= 15 is 0 Å². The Balaban J connectivity index is 0.992. The van der Waals surface area contributed by atoms with E-state index in [0.29, 0.717) is 35.6 Å².